The molecular weight excluding hydrogens is 388 g/mol. The van der Waals surface area contributed by atoms with Crippen molar-refractivity contribution in [3.05, 3.63) is 52.9 Å². The lowest BCUT2D eigenvalue weighted by atomic mass is 10.1. The number of nitrogens with zero attached hydrogens (tertiary/aromatic N) is 3. The first-order valence-electron chi connectivity index (χ1n) is 8.36. The number of benzene rings is 1. The predicted octanol–water partition coefficient (Wildman–Crippen LogP) is 2.95. The van der Waals surface area contributed by atoms with Crippen molar-refractivity contribution in [2.24, 2.45) is 0 Å². The first kappa shape index (κ1) is 19.6. The molecule has 0 radical (unpaired) electrons. The molecule has 0 spiro atoms. The molecule has 3 rings (SSSR count). The molecule has 0 atom stereocenters. The zero-order chi connectivity index (χ0) is 19.8. The normalized spacial score (nSPS) is 12.5. The lowest BCUT2D eigenvalue weighted by Gasteiger charge is -2.18. The van der Waals surface area contributed by atoms with E-state index < -0.39 is 15.6 Å². The number of hydrogen-bond donors (Lipinski definition) is 2. The van der Waals surface area contributed by atoms with Crippen LogP contribution in [-0.2, 0) is 15.8 Å². The molecule has 0 saturated carbocycles. The van der Waals surface area contributed by atoms with E-state index in [9.17, 15) is 13.5 Å². The summed E-state index contributed by atoms with van der Waals surface area (Å²) >= 11 is 6.03. The maximum absolute atomic E-state index is 13.0. The average Bonchev–Trinajstić information content (AvgIpc) is 2.89. The molecule has 144 valence electrons. The van der Waals surface area contributed by atoms with Crippen LogP contribution in [0.1, 0.15) is 25.1 Å². The number of hydrogen-bond acceptors (Lipinski definition) is 6. The number of fused-ring (bicyclic) bond motifs is 1. The molecule has 27 heavy (non-hydrogen) atoms. The molecule has 2 aromatic heterocycles. The Hall–Kier alpha value is -2.16. The molecular formula is C18H21ClN4O3S. The quantitative estimate of drug-likeness (QED) is 0.608. The van der Waals surface area contributed by atoms with Gasteiger partial charge in [0.05, 0.1) is 16.7 Å². The third-order valence-electron chi connectivity index (χ3n) is 3.92. The van der Waals surface area contributed by atoms with Crippen LogP contribution in [0.2, 0.25) is 5.28 Å². The Morgan fingerprint density at radius 2 is 1.89 bits per heavy atom. The van der Waals surface area contributed by atoms with Gasteiger partial charge in [-0.25, -0.2) is 17.4 Å². The van der Waals surface area contributed by atoms with Crippen LogP contribution < -0.4 is 5.32 Å². The predicted molar refractivity (Wildman–Crippen MR) is 107 cm³/mol. The third kappa shape index (κ3) is 4.40. The Morgan fingerprint density at radius 1 is 1.22 bits per heavy atom. The number of rotatable bonds is 6. The van der Waals surface area contributed by atoms with Crippen LogP contribution in [0.4, 0.5) is 5.82 Å². The second-order valence-corrected chi connectivity index (χ2v) is 9.19. The van der Waals surface area contributed by atoms with Gasteiger partial charge in [0.1, 0.15) is 5.82 Å². The van der Waals surface area contributed by atoms with E-state index in [-0.39, 0.29) is 23.2 Å². The Bertz CT molecular complexity index is 1070. The molecule has 2 heterocycles. The largest absolute Gasteiger partial charge is 0.389 e. The first-order chi connectivity index (χ1) is 12.6. The molecule has 1 aromatic carbocycles. The van der Waals surface area contributed by atoms with Crippen LogP contribution in [0.25, 0.3) is 11.0 Å². The van der Waals surface area contributed by atoms with Crippen molar-refractivity contribution in [2.75, 3.05) is 11.9 Å². The van der Waals surface area contributed by atoms with Gasteiger partial charge in [0, 0.05) is 12.2 Å². The molecule has 0 saturated heterocycles. The van der Waals surface area contributed by atoms with E-state index in [0.717, 1.165) is 0 Å². The molecule has 7 nitrogen and oxygen atoms in total. The summed E-state index contributed by atoms with van der Waals surface area (Å²) < 4.78 is 27.3. The summed E-state index contributed by atoms with van der Waals surface area (Å²) in [6, 6.07) is 10.6. The van der Waals surface area contributed by atoms with Crippen LogP contribution in [0.3, 0.4) is 0 Å². The first-order valence-corrected chi connectivity index (χ1v) is 10.3. The highest BCUT2D eigenvalue weighted by atomic mass is 35.5. The van der Waals surface area contributed by atoms with Crippen LogP contribution in [0, 0.1) is 6.92 Å². The van der Waals surface area contributed by atoms with Gasteiger partial charge < -0.3 is 10.4 Å². The van der Waals surface area contributed by atoms with Crippen LogP contribution in [0.5, 0.6) is 0 Å². The molecule has 0 bridgehead atoms. The van der Waals surface area contributed by atoms with E-state index in [1.807, 2.05) is 6.07 Å². The number of aromatic nitrogens is 3. The van der Waals surface area contributed by atoms with Gasteiger partial charge in [-0.05, 0) is 44.0 Å². The van der Waals surface area contributed by atoms with E-state index in [1.165, 1.54) is 3.97 Å². The van der Waals surface area contributed by atoms with E-state index >= 15 is 0 Å². The van der Waals surface area contributed by atoms with Gasteiger partial charge in [-0.1, -0.05) is 30.3 Å². The minimum atomic E-state index is -3.71. The molecule has 2 N–H and O–H groups in total. The van der Waals surface area contributed by atoms with Crippen LogP contribution in [-0.4, -0.2) is 39.6 Å². The zero-order valence-electron chi connectivity index (χ0n) is 15.3. The molecule has 0 aliphatic rings. The van der Waals surface area contributed by atoms with Crippen molar-refractivity contribution in [2.45, 2.75) is 32.1 Å². The summed E-state index contributed by atoms with van der Waals surface area (Å²) in [5.41, 5.74) is 0.422. The summed E-state index contributed by atoms with van der Waals surface area (Å²) in [5.74, 6) is 0.218. The molecule has 0 unspecified atom stereocenters. The maximum atomic E-state index is 13.0. The zero-order valence-corrected chi connectivity index (χ0v) is 16.8. The fourth-order valence-electron chi connectivity index (χ4n) is 2.79. The molecule has 0 fully saturated rings. The highest BCUT2D eigenvalue weighted by Gasteiger charge is 2.24. The smallest absolute Gasteiger partial charge is 0.244 e. The average molecular weight is 409 g/mol. The second kappa shape index (κ2) is 7.10. The van der Waals surface area contributed by atoms with Gasteiger partial charge in [-0.3, -0.25) is 0 Å². The minimum absolute atomic E-state index is 0.0741. The van der Waals surface area contributed by atoms with Gasteiger partial charge in [0.25, 0.3) is 0 Å². The van der Waals surface area contributed by atoms with Gasteiger partial charge in [-0.15, -0.1) is 0 Å². The van der Waals surface area contributed by atoms with Crippen LogP contribution >= 0.6 is 11.6 Å². The molecule has 0 aliphatic carbocycles. The van der Waals surface area contributed by atoms with Gasteiger partial charge in [0.2, 0.25) is 15.3 Å². The Balaban J connectivity index is 2.09. The maximum Gasteiger partial charge on any atom is 0.244 e. The Labute approximate surface area is 163 Å². The fourth-order valence-corrected chi connectivity index (χ4v) is 4.59. The van der Waals surface area contributed by atoms with Gasteiger partial charge in [0.15, 0.2) is 5.65 Å². The van der Waals surface area contributed by atoms with Crippen molar-refractivity contribution in [3.8, 4) is 0 Å². The van der Waals surface area contributed by atoms with Crippen molar-refractivity contribution >= 4 is 38.5 Å². The molecule has 3 aromatic rings. The summed E-state index contributed by atoms with van der Waals surface area (Å²) in [6.07, 6.45) is 0. The van der Waals surface area contributed by atoms with Gasteiger partial charge in [-0.2, -0.15) is 4.98 Å². The summed E-state index contributed by atoms with van der Waals surface area (Å²) in [5, 5.41) is 13.4. The topological polar surface area (TPSA) is 97.1 Å². The summed E-state index contributed by atoms with van der Waals surface area (Å²) in [7, 11) is -3.71. The fraction of sp³-hybridized carbons (Fsp3) is 0.333. The highest BCUT2D eigenvalue weighted by Crippen LogP contribution is 2.28. The van der Waals surface area contributed by atoms with E-state index in [1.54, 1.807) is 51.1 Å². The third-order valence-corrected chi connectivity index (χ3v) is 5.81. The van der Waals surface area contributed by atoms with Crippen molar-refractivity contribution in [1.82, 2.24) is 13.9 Å². The van der Waals surface area contributed by atoms with Crippen molar-refractivity contribution in [1.29, 1.82) is 0 Å². The SMILES string of the molecule is Cc1cc2c(NCC(C)(C)O)nc(Cl)nc2n1S(=O)(=O)Cc1ccccc1. The lowest BCUT2D eigenvalue weighted by Crippen LogP contribution is -2.29. The highest BCUT2D eigenvalue weighted by molar-refractivity contribution is 7.89. The van der Waals surface area contributed by atoms with Gasteiger partial charge >= 0.3 is 0 Å². The van der Waals surface area contributed by atoms with E-state index in [0.29, 0.717) is 22.5 Å². The number of anilines is 1. The monoisotopic (exact) mass is 408 g/mol. The second-order valence-electron chi connectivity index (χ2n) is 7.04. The Kier molecular flexibility index (Phi) is 5.16. The number of aryl methyl sites for hydroxylation is 1. The molecule has 9 heteroatoms. The standard InChI is InChI=1S/C18H21ClN4O3S/c1-12-9-14-15(20-11-18(2,3)24)21-17(19)22-16(14)23(12)27(25,26)10-13-7-5-4-6-8-13/h4-9,24H,10-11H2,1-3H3,(H,20,21,22). The van der Waals surface area contributed by atoms with Crippen molar-refractivity contribution < 1.29 is 13.5 Å². The summed E-state index contributed by atoms with van der Waals surface area (Å²) in [6.45, 7) is 5.22. The minimum Gasteiger partial charge on any atom is -0.389 e. The Morgan fingerprint density at radius 3 is 2.52 bits per heavy atom. The molecule has 0 aliphatic heterocycles. The van der Waals surface area contributed by atoms with Crippen LogP contribution in [0.15, 0.2) is 36.4 Å². The number of aliphatic hydroxyl groups is 1. The van der Waals surface area contributed by atoms with E-state index in [2.05, 4.69) is 15.3 Å². The number of nitrogens with one attached hydrogen (secondary N) is 1. The summed E-state index contributed by atoms with van der Waals surface area (Å²) in [4.78, 5) is 8.29. The molecule has 0 amide bonds. The van der Waals surface area contributed by atoms with Crippen molar-refractivity contribution in [3.63, 3.8) is 0 Å². The lowest BCUT2D eigenvalue weighted by molar-refractivity contribution is 0.0944. The van der Waals surface area contributed by atoms with E-state index in [4.69, 9.17) is 11.6 Å². The number of halogens is 1.